The first-order valence-electron chi connectivity index (χ1n) is 9.78. The second kappa shape index (κ2) is 11.9. The molecule has 3 amide bonds. The van der Waals surface area contributed by atoms with Gasteiger partial charge in [0, 0.05) is 13.5 Å². The summed E-state index contributed by atoms with van der Waals surface area (Å²) in [6, 6.07) is 7.48. The zero-order chi connectivity index (χ0) is 21.3. The SMILES string of the molecule is CCCC(S)C(=O)N(C(=O)[C@@H](N)CC(C)C)[C@@H](Cc1ccccc1)C(=O)NC. The minimum Gasteiger partial charge on any atom is -0.357 e. The maximum atomic E-state index is 13.1. The van der Waals surface area contributed by atoms with Crippen molar-refractivity contribution in [2.45, 2.75) is 63.8 Å². The van der Waals surface area contributed by atoms with Crippen molar-refractivity contribution < 1.29 is 14.4 Å². The molecule has 28 heavy (non-hydrogen) atoms. The molecule has 0 aromatic heterocycles. The summed E-state index contributed by atoms with van der Waals surface area (Å²) in [6.45, 7) is 5.85. The van der Waals surface area contributed by atoms with Crippen molar-refractivity contribution in [2.24, 2.45) is 11.7 Å². The topological polar surface area (TPSA) is 92.5 Å². The molecule has 0 saturated carbocycles. The fraction of sp³-hybridized carbons (Fsp3) is 0.571. The van der Waals surface area contributed by atoms with Gasteiger partial charge in [0.25, 0.3) is 0 Å². The van der Waals surface area contributed by atoms with E-state index in [1.807, 2.05) is 51.1 Å². The lowest BCUT2D eigenvalue weighted by Crippen LogP contribution is -2.58. The molecule has 0 heterocycles. The Morgan fingerprint density at radius 1 is 1.14 bits per heavy atom. The van der Waals surface area contributed by atoms with E-state index in [9.17, 15) is 14.4 Å². The van der Waals surface area contributed by atoms with Crippen LogP contribution in [0.1, 0.15) is 45.6 Å². The molecule has 1 rings (SSSR count). The summed E-state index contributed by atoms with van der Waals surface area (Å²) in [5.41, 5.74) is 6.96. The average molecular weight is 408 g/mol. The summed E-state index contributed by atoms with van der Waals surface area (Å²) in [5, 5.41) is 1.91. The second-order valence-electron chi connectivity index (χ2n) is 7.41. The van der Waals surface area contributed by atoms with Crippen LogP contribution in [-0.4, -0.2) is 47.0 Å². The van der Waals surface area contributed by atoms with Gasteiger partial charge < -0.3 is 11.1 Å². The van der Waals surface area contributed by atoms with Gasteiger partial charge in [-0.2, -0.15) is 12.6 Å². The van der Waals surface area contributed by atoms with Crippen LogP contribution in [0, 0.1) is 5.92 Å². The van der Waals surface area contributed by atoms with Gasteiger partial charge in [-0.15, -0.1) is 0 Å². The van der Waals surface area contributed by atoms with E-state index in [0.717, 1.165) is 16.9 Å². The molecule has 0 aliphatic heterocycles. The Bertz CT molecular complexity index is 652. The van der Waals surface area contributed by atoms with Crippen molar-refractivity contribution in [3.8, 4) is 0 Å². The standard InChI is InChI=1S/C21H33N3O3S/c1-5-9-18(28)21(27)24(20(26)16(22)12-14(2)3)17(19(25)23-4)13-15-10-7-6-8-11-15/h6-8,10-11,14,16-18,28H,5,9,12-13,22H2,1-4H3,(H,23,25)/t16-,17-,18?/m0/s1. The fourth-order valence-corrected chi connectivity index (χ4v) is 3.45. The first-order valence-corrected chi connectivity index (χ1v) is 10.3. The molecule has 3 atom stereocenters. The van der Waals surface area contributed by atoms with Gasteiger partial charge in [0.1, 0.15) is 6.04 Å². The van der Waals surface area contributed by atoms with Gasteiger partial charge in [-0.05, 0) is 24.3 Å². The zero-order valence-corrected chi connectivity index (χ0v) is 18.1. The van der Waals surface area contributed by atoms with E-state index in [4.69, 9.17) is 5.73 Å². The number of likely N-dealkylation sites (N-methyl/N-ethyl adjacent to an activating group) is 1. The van der Waals surface area contributed by atoms with Crippen molar-refractivity contribution in [1.82, 2.24) is 10.2 Å². The molecular formula is C21H33N3O3S. The highest BCUT2D eigenvalue weighted by molar-refractivity contribution is 7.81. The number of carbonyl (C=O) groups is 3. The van der Waals surface area contributed by atoms with E-state index in [0.29, 0.717) is 12.8 Å². The molecule has 156 valence electrons. The summed E-state index contributed by atoms with van der Waals surface area (Å²) in [7, 11) is 1.49. The van der Waals surface area contributed by atoms with E-state index in [-0.39, 0.29) is 12.3 Å². The minimum absolute atomic E-state index is 0.186. The summed E-state index contributed by atoms with van der Waals surface area (Å²) in [4.78, 5) is 40.0. The normalized spacial score (nSPS) is 14.2. The zero-order valence-electron chi connectivity index (χ0n) is 17.2. The van der Waals surface area contributed by atoms with Crippen LogP contribution in [-0.2, 0) is 20.8 Å². The van der Waals surface area contributed by atoms with E-state index in [1.54, 1.807) is 0 Å². The highest BCUT2D eigenvalue weighted by Gasteiger charge is 2.38. The smallest absolute Gasteiger partial charge is 0.246 e. The number of nitrogens with zero attached hydrogens (tertiary/aromatic N) is 1. The maximum Gasteiger partial charge on any atom is 0.246 e. The van der Waals surface area contributed by atoms with E-state index in [2.05, 4.69) is 17.9 Å². The summed E-state index contributed by atoms with van der Waals surface area (Å²) in [5.74, 6) is -1.22. The van der Waals surface area contributed by atoms with Crippen molar-refractivity contribution in [1.29, 1.82) is 0 Å². The largest absolute Gasteiger partial charge is 0.357 e. The Labute approximate surface area is 173 Å². The van der Waals surface area contributed by atoms with Crippen molar-refractivity contribution in [3.63, 3.8) is 0 Å². The van der Waals surface area contributed by atoms with Crippen LogP contribution < -0.4 is 11.1 Å². The van der Waals surface area contributed by atoms with Gasteiger partial charge in [-0.25, -0.2) is 0 Å². The summed E-state index contributed by atoms with van der Waals surface area (Å²) in [6.07, 6.45) is 1.90. The number of imide groups is 1. The maximum absolute atomic E-state index is 13.1. The Hall–Kier alpha value is -1.86. The monoisotopic (exact) mass is 407 g/mol. The van der Waals surface area contributed by atoms with Crippen molar-refractivity contribution >= 4 is 30.4 Å². The Balaban J connectivity index is 3.30. The average Bonchev–Trinajstić information content (AvgIpc) is 2.66. The van der Waals surface area contributed by atoms with Crippen molar-refractivity contribution in [2.75, 3.05) is 7.05 Å². The number of nitrogens with two attached hydrogens (primary N) is 1. The number of nitrogens with one attached hydrogen (secondary N) is 1. The van der Waals surface area contributed by atoms with E-state index < -0.39 is 35.1 Å². The molecule has 3 N–H and O–H groups in total. The third kappa shape index (κ3) is 6.95. The number of rotatable bonds is 10. The third-order valence-electron chi connectivity index (χ3n) is 4.50. The highest BCUT2D eigenvalue weighted by Crippen LogP contribution is 2.18. The minimum atomic E-state index is -0.975. The first kappa shape index (κ1) is 24.2. The highest BCUT2D eigenvalue weighted by atomic mass is 32.1. The molecule has 6 nitrogen and oxygen atoms in total. The molecule has 0 saturated heterocycles. The van der Waals surface area contributed by atoms with Crippen LogP contribution in [0.3, 0.4) is 0 Å². The Morgan fingerprint density at radius 3 is 2.25 bits per heavy atom. The predicted octanol–water partition coefficient (Wildman–Crippen LogP) is 2.17. The molecular weight excluding hydrogens is 374 g/mol. The molecule has 0 spiro atoms. The molecule has 0 fully saturated rings. The number of hydrogen-bond donors (Lipinski definition) is 3. The lowest BCUT2D eigenvalue weighted by Gasteiger charge is -2.33. The van der Waals surface area contributed by atoms with Crippen LogP contribution in [0.2, 0.25) is 0 Å². The summed E-state index contributed by atoms with van der Waals surface area (Å²) < 4.78 is 0. The van der Waals surface area contributed by atoms with Gasteiger partial charge in [-0.3, -0.25) is 19.3 Å². The van der Waals surface area contributed by atoms with Gasteiger partial charge in [0.05, 0.1) is 11.3 Å². The molecule has 0 bridgehead atoms. The number of carbonyl (C=O) groups excluding carboxylic acids is 3. The van der Waals surface area contributed by atoms with Crippen LogP contribution in [0.25, 0.3) is 0 Å². The number of thiol groups is 1. The summed E-state index contributed by atoms with van der Waals surface area (Å²) >= 11 is 4.38. The lowest BCUT2D eigenvalue weighted by atomic mass is 9.99. The van der Waals surface area contributed by atoms with Gasteiger partial charge in [0.15, 0.2) is 0 Å². The molecule has 0 radical (unpaired) electrons. The number of hydrogen-bond acceptors (Lipinski definition) is 5. The predicted molar refractivity (Wildman–Crippen MR) is 115 cm³/mol. The lowest BCUT2D eigenvalue weighted by molar-refractivity contribution is -0.152. The van der Waals surface area contributed by atoms with Crippen LogP contribution in [0.4, 0.5) is 0 Å². The second-order valence-corrected chi connectivity index (χ2v) is 8.03. The van der Waals surface area contributed by atoms with Crippen LogP contribution in [0.5, 0.6) is 0 Å². The van der Waals surface area contributed by atoms with E-state index >= 15 is 0 Å². The fourth-order valence-electron chi connectivity index (χ4n) is 3.07. The third-order valence-corrected chi connectivity index (χ3v) is 4.98. The molecule has 1 aromatic rings. The van der Waals surface area contributed by atoms with Crippen LogP contribution >= 0.6 is 12.6 Å². The number of benzene rings is 1. The van der Waals surface area contributed by atoms with Gasteiger partial charge in [0.2, 0.25) is 17.7 Å². The van der Waals surface area contributed by atoms with Gasteiger partial charge >= 0.3 is 0 Å². The Morgan fingerprint density at radius 2 is 1.75 bits per heavy atom. The Kier molecular flexibility index (Phi) is 10.2. The first-order chi connectivity index (χ1) is 13.2. The molecule has 7 heteroatoms. The van der Waals surface area contributed by atoms with E-state index in [1.165, 1.54) is 7.05 Å². The molecule has 0 aliphatic carbocycles. The van der Waals surface area contributed by atoms with Gasteiger partial charge in [-0.1, -0.05) is 57.5 Å². The molecule has 1 aromatic carbocycles. The van der Waals surface area contributed by atoms with Crippen molar-refractivity contribution in [3.05, 3.63) is 35.9 Å². The number of amides is 3. The molecule has 1 unspecified atom stereocenters. The van der Waals surface area contributed by atoms with Crippen LogP contribution in [0.15, 0.2) is 30.3 Å². The molecule has 0 aliphatic rings. The quantitative estimate of drug-likeness (QED) is 0.518.